The number of hydrogen-bond donors (Lipinski definition) is 2. The SMILES string of the molecule is CCCOc1ccc([C@@H](CNC=O)N(C)c2ccc3nc[nH]c3c2)cc1. The van der Waals surface area contributed by atoms with E-state index < -0.39 is 0 Å². The van der Waals surface area contributed by atoms with Crippen molar-refractivity contribution in [3.8, 4) is 5.75 Å². The van der Waals surface area contributed by atoms with E-state index in [1.165, 1.54) is 0 Å². The highest BCUT2D eigenvalue weighted by Crippen LogP contribution is 2.28. The van der Waals surface area contributed by atoms with E-state index in [1.54, 1.807) is 6.33 Å². The number of carbonyl (C=O) groups excluding carboxylic acids is 1. The number of fused-ring (bicyclic) bond motifs is 1. The first-order valence-corrected chi connectivity index (χ1v) is 8.78. The molecule has 0 unspecified atom stereocenters. The van der Waals surface area contributed by atoms with Crippen LogP contribution in [-0.2, 0) is 4.79 Å². The molecule has 0 aliphatic rings. The van der Waals surface area contributed by atoms with Gasteiger partial charge in [-0.15, -0.1) is 0 Å². The Bertz CT molecular complexity index is 844. The van der Waals surface area contributed by atoms with Crippen molar-refractivity contribution < 1.29 is 9.53 Å². The van der Waals surface area contributed by atoms with Crippen molar-refractivity contribution >= 4 is 23.1 Å². The molecule has 1 aromatic heterocycles. The van der Waals surface area contributed by atoms with Crippen molar-refractivity contribution in [1.29, 1.82) is 0 Å². The van der Waals surface area contributed by atoms with E-state index in [0.717, 1.165) is 40.9 Å². The predicted octanol–water partition coefficient (Wildman–Crippen LogP) is 3.28. The van der Waals surface area contributed by atoms with Crippen LogP contribution < -0.4 is 15.0 Å². The third kappa shape index (κ3) is 3.96. The lowest BCUT2D eigenvalue weighted by atomic mass is 10.0. The van der Waals surface area contributed by atoms with Crippen LogP contribution in [0.4, 0.5) is 5.69 Å². The summed E-state index contributed by atoms with van der Waals surface area (Å²) in [4.78, 5) is 20.4. The lowest BCUT2D eigenvalue weighted by molar-refractivity contribution is -0.109. The van der Waals surface area contributed by atoms with Gasteiger partial charge in [0.25, 0.3) is 0 Å². The number of aromatic amines is 1. The van der Waals surface area contributed by atoms with Gasteiger partial charge in [0.15, 0.2) is 0 Å². The minimum absolute atomic E-state index is 0.000738. The number of carbonyl (C=O) groups is 1. The number of benzene rings is 2. The first kappa shape index (κ1) is 17.8. The van der Waals surface area contributed by atoms with Crippen LogP contribution in [0, 0.1) is 0 Å². The summed E-state index contributed by atoms with van der Waals surface area (Å²) in [5, 5.41) is 2.80. The lowest BCUT2D eigenvalue weighted by Gasteiger charge is -2.30. The van der Waals surface area contributed by atoms with Gasteiger partial charge in [-0.05, 0) is 42.3 Å². The van der Waals surface area contributed by atoms with Crippen molar-refractivity contribution in [3.63, 3.8) is 0 Å². The number of aromatic nitrogens is 2. The van der Waals surface area contributed by atoms with Gasteiger partial charge in [-0.2, -0.15) is 0 Å². The van der Waals surface area contributed by atoms with Crippen molar-refractivity contribution in [2.75, 3.05) is 25.1 Å². The molecule has 0 fully saturated rings. The predicted molar refractivity (Wildman–Crippen MR) is 104 cm³/mol. The molecule has 1 heterocycles. The van der Waals surface area contributed by atoms with Gasteiger partial charge < -0.3 is 19.9 Å². The lowest BCUT2D eigenvalue weighted by Crippen LogP contribution is -2.33. The molecule has 2 aromatic carbocycles. The molecule has 2 N–H and O–H groups in total. The molecule has 0 radical (unpaired) electrons. The summed E-state index contributed by atoms with van der Waals surface area (Å²) in [5.41, 5.74) is 4.07. The molecule has 0 saturated carbocycles. The number of rotatable bonds is 9. The Kier molecular flexibility index (Phi) is 5.73. The number of anilines is 1. The second-order valence-electron chi connectivity index (χ2n) is 6.17. The summed E-state index contributed by atoms with van der Waals surface area (Å²) in [6.45, 7) is 3.30. The standard InChI is InChI=1S/C20H24N4O2/c1-3-10-26-17-7-4-15(5-8-17)20(12-21-14-25)24(2)16-6-9-18-19(11-16)23-13-22-18/h4-9,11,13-14,20H,3,10,12H2,1-2H3,(H,21,25)(H,22,23)/t20-/m1/s1. The van der Waals surface area contributed by atoms with Gasteiger partial charge in [0.1, 0.15) is 5.75 Å². The van der Waals surface area contributed by atoms with Crippen LogP contribution in [0.5, 0.6) is 5.75 Å². The highest BCUT2D eigenvalue weighted by atomic mass is 16.5. The minimum atomic E-state index is 0.000738. The third-order valence-corrected chi connectivity index (χ3v) is 4.41. The molecular formula is C20H24N4O2. The average Bonchev–Trinajstić information content (AvgIpc) is 3.15. The molecule has 6 heteroatoms. The molecule has 0 aliphatic heterocycles. The van der Waals surface area contributed by atoms with Crippen molar-refractivity contribution in [1.82, 2.24) is 15.3 Å². The fourth-order valence-corrected chi connectivity index (χ4v) is 2.97. The monoisotopic (exact) mass is 352 g/mol. The molecule has 1 amide bonds. The number of imidazole rings is 1. The van der Waals surface area contributed by atoms with Crippen LogP contribution in [0.3, 0.4) is 0 Å². The van der Waals surface area contributed by atoms with Gasteiger partial charge in [0, 0.05) is 19.3 Å². The van der Waals surface area contributed by atoms with E-state index in [2.05, 4.69) is 33.2 Å². The van der Waals surface area contributed by atoms with Crippen LogP contribution in [0.1, 0.15) is 24.9 Å². The zero-order valence-corrected chi connectivity index (χ0v) is 15.1. The van der Waals surface area contributed by atoms with Gasteiger partial charge in [0.2, 0.25) is 6.41 Å². The highest BCUT2D eigenvalue weighted by Gasteiger charge is 2.18. The smallest absolute Gasteiger partial charge is 0.207 e. The molecule has 0 aliphatic carbocycles. The van der Waals surface area contributed by atoms with Gasteiger partial charge in [-0.3, -0.25) is 4.79 Å². The molecule has 136 valence electrons. The normalized spacial score (nSPS) is 11.9. The van der Waals surface area contributed by atoms with E-state index >= 15 is 0 Å². The number of hydrogen-bond acceptors (Lipinski definition) is 4. The second kappa shape index (κ2) is 8.38. The summed E-state index contributed by atoms with van der Waals surface area (Å²) >= 11 is 0. The van der Waals surface area contributed by atoms with Crippen LogP contribution in [0.15, 0.2) is 48.8 Å². The van der Waals surface area contributed by atoms with Crippen LogP contribution >= 0.6 is 0 Å². The van der Waals surface area contributed by atoms with Gasteiger partial charge in [-0.1, -0.05) is 19.1 Å². The van der Waals surface area contributed by atoms with E-state index in [-0.39, 0.29) is 6.04 Å². The molecule has 1 atom stereocenters. The Labute approximate surface area is 153 Å². The maximum atomic E-state index is 10.8. The average molecular weight is 352 g/mol. The Balaban J connectivity index is 1.84. The van der Waals surface area contributed by atoms with Crippen molar-refractivity contribution in [2.24, 2.45) is 0 Å². The van der Waals surface area contributed by atoms with Gasteiger partial charge in [0.05, 0.1) is 30.0 Å². The quantitative estimate of drug-likeness (QED) is 0.580. The molecule has 0 saturated heterocycles. The molecular weight excluding hydrogens is 328 g/mol. The molecule has 0 bridgehead atoms. The number of H-pyrrole nitrogens is 1. The Morgan fingerprint density at radius 2 is 2.08 bits per heavy atom. The van der Waals surface area contributed by atoms with Gasteiger partial charge in [-0.25, -0.2) is 4.98 Å². The van der Waals surface area contributed by atoms with Gasteiger partial charge >= 0.3 is 0 Å². The molecule has 3 rings (SSSR count). The highest BCUT2D eigenvalue weighted by molar-refractivity contribution is 5.79. The van der Waals surface area contributed by atoms with Crippen molar-refractivity contribution in [2.45, 2.75) is 19.4 Å². The second-order valence-corrected chi connectivity index (χ2v) is 6.17. The van der Waals surface area contributed by atoms with E-state index in [1.807, 2.05) is 43.4 Å². The van der Waals surface area contributed by atoms with Crippen molar-refractivity contribution in [3.05, 3.63) is 54.4 Å². The third-order valence-electron chi connectivity index (χ3n) is 4.41. The largest absolute Gasteiger partial charge is 0.494 e. The molecule has 0 spiro atoms. The Hall–Kier alpha value is -3.02. The van der Waals surface area contributed by atoms with Crippen LogP contribution in [-0.4, -0.2) is 36.6 Å². The molecule has 3 aromatic rings. The number of amides is 1. The van der Waals surface area contributed by atoms with E-state index in [4.69, 9.17) is 4.74 Å². The first-order chi connectivity index (χ1) is 12.7. The fourth-order valence-electron chi connectivity index (χ4n) is 2.97. The summed E-state index contributed by atoms with van der Waals surface area (Å²) in [6, 6.07) is 14.1. The van der Waals surface area contributed by atoms with Crippen LogP contribution in [0.2, 0.25) is 0 Å². The summed E-state index contributed by atoms with van der Waals surface area (Å²) in [5.74, 6) is 0.860. The fraction of sp³-hybridized carbons (Fsp3) is 0.300. The Morgan fingerprint density at radius 3 is 2.81 bits per heavy atom. The van der Waals surface area contributed by atoms with E-state index in [9.17, 15) is 4.79 Å². The number of ether oxygens (including phenoxy) is 1. The first-order valence-electron chi connectivity index (χ1n) is 8.78. The topological polar surface area (TPSA) is 70.2 Å². The van der Waals surface area contributed by atoms with Crippen LogP contribution in [0.25, 0.3) is 11.0 Å². The maximum absolute atomic E-state index is 10.8. The maximum Gasteiger partial charge on any atom is 0.207 e. The summed E-state index contributed by atoms with van der Waals surface area (Å²) in [6.07, 6.45) is 3.40. The number of nitrogens with zero attached hydrogens (tertiary/aromatic N) is 2. The molecule has 6 nitrogen and oxygen atoms in total. The molecule has 26 heavy (non-hydrogen) atoms. The number of likely N-dealkylation sites (N-methyl/N-ethyl adjacent to an activating group) is 1. The zero-order chi connectivity index (χ0) is 18.4. The van der Waals surface area contributed by atoms with E-state index in [0.29, 0.717) is 13.2 Å². The Morgan fingerprint density at radius 1 is 1.27 bits per heavy atom. The summed E-state index contributed by atoms with van der Waals surface area (Å²) in [7, 11) is 2.02. The zero-order valence-electron chi connectivity index (χ0n) is 15.1. The number of nitrogens with one attached hydrogen (secondary N) is 2. The minimum Gasteiger partial charge on any atom is -0.494 e. The summed E-state index contributed by atoms with van der Waals surface area (Å²) < 4.78 is 5.66.